The monoisotopic (exact) mass is 515 g/mol. The van der Waals surface area contributed by atoms with Gasteiger partial charge in [-0.1, -0.05) is 18.2 Å². The number of aliphatic imine (C=N–C) groups is 1. The third kappa shape index (κ3) is 7.75. The molecule has 0 amide bonds. The van der Waals surface area contributed by atoms with E-state index in [9.17, 15) is 13.2 Å². The van der Waals surface area contributed by atoms with Crippen LogP contribution in [0.25, 0.3) is 0 Å². The van der Waals surface area contributed by atoms with Crippen LogP contribution in [-0.4, -0.2) is 53.0 Å². The fourth-order valence-corrected chi connectivity index (χ4v) is 2.84. The van der Waals surface area contributed by atoms with Gasteiger partial charge in [-0.15, -0.1) is 24.0 Å². The molecule has 0 aromatic heterocycles. The van der Waals surface area contributed by atoms with Crippen molar-refractivity contribution in [2.45, 2.75) is 30.9 Å². The van der Waals surface area contributed by atoms with Gasteiger partial charge in [0, 0.05) is 39.3 Å². The van der Waals surface area contributed by atoms with Gasteiger partial charge >= 0.3 is 6.18 Å². The molecule has 0 bridgehead atoms. The SMILES string of the molecule is CN=C(NCCCOCCOC)NCC1(c2cccc(C(F)(F)F)c2)CC1.I. The van der Waals surface area contributed by atoms with Gasteiger partial charge in [-0.3, -0.25) is 4.99 Å². The summed E-state index contributed by atoms with van der Waals surface area (Å²) < 4.78 is 49.2. The van der Waals surface area contributed by atoms with Crippen molar-refractivity contribution >= 4 is 29.9 Å². The Balaban J connectivity index is 0.00000392. The van der Waals surface area contributed by atoms with Crippen LogP contribution in [0.1, 0.15) is 30.4 Å². The quantitative estimate of drug-likeness (QED) is 0.217. The number of benzene rings is 1. The fraction of sp³-hybridized carbons (Fsp3) is 0.632. The van der Waals surface area contributed by atoms with E-state index in [-0.39, 0.29) is 29.4 Å². The Morgan fingerprint density at radius 2 is 1.93 bits per heavy atom. The number of alkyl halides is 3. The number of rotatable bonds is 10. The standard InChI is InChI=1S/C19H28F3N3O2.HI/c1-23-17(24-9-4-10-27-12-11-26-2)25-14-18(7-8-18)15-5-3-6-16(13-15)19(20,21)22;/h3,5-6,13H,4,7-12,14H2,1-2H3,(H2,23,24,25);1H. The Bertz CT molecular complexity index is 623. The van der Waals surface area contributed by atoms with E-state index in [0.29, 0.717) is 38.9 Å². The minimum atomic E-state index is -4.32. The van der Waals surface area contributed by atoms with Gasteiger partial charge in [0.05, 0.1) is 18.8 Å². The molecule has 1 aliphatic rings. The molecule has 1 aromatic carbocycles. The molecular weight excluding hydrogens is 486 g/mol. The highest BCUT2D eigenvalue weighted by Gasteiger charge is 2.45. The Hall–Kier alpha value is -1.07. The van der Waals surface area contributed by atoms with Gasteiger partial charge in [-0.05, 0) is 30.9 Å². The van der Waals surface area contributed by atoms with Crippen molar-refractivity contribution < 1.29 is 22.6 Å². The summed E-state index contributed by atoms with van der Waals surface area (Å²) in [6.07, 6.45) is -1.76. The van der Waals surface area contributed by atoms with E-state index in [1.54, 1.807) is 20.2 Å². The zero-order valence-corrected chi connectivity index (χ0v) is 18.6. The van der Waals surface area contributed by atoms with Gasteiger partial charge in [0.1, 0.15) is 0 Å². The molecule has 1 aromatic rings. The highest BCUT2D eigenvalue weighted by atomic mass is 127. The molecule has 5 nitrogen and oxygen atoms in total. The summed E-state index contributed by atoms with van der Waals surface area (Å²) in [5, 5.41) is 6.43. The van der Waals surface area contributed by atoms with Crippen molar-refractivity contribution in [3.05, 3.63) is 35.4 Å². The molecular formula is C19H29F3IN3O2. The van der Waals surface area contributed by atoms with Gasteiger partial charge in [0.2, 0.25) is 0 Å². The normalized spacial score (nSPS) is 15.7. The third-order valence-electron chi connectivity index (χ3n) is 4.66. The second kappa shape index (κ2) is 11.8. The number of methoxy groups -OCH3 is 1. The maximum absolute atomic E-state index is 13.0. The minimum Gasteiger partial charge on any atom is -0.382 e. The first-order valence-electron chi connectivity index (χ1n) is 9.10. The van der Waals surface area contributed by atoms with Crippen LogP contribution in [0.3, 0.4) is 0 Å². The lowest BCUT2D eigenvalue weighted by atomic mass is 9.94. The number of hydrogen-bond acceptors (Lipinski definition) is 3. The maximum Gasteiger partial charge on any atom is 0.416 e. The van der Waals surface area contributed by atoms with Crippen LogP contribution >= 0.6 is 24.0 Å². The van der Waals surface area contributed by atoms with Gasteiger partial charge in [-0.2, -0.15) is 13.2 Å². The molecule has 2 rings (SSSR count). The molecule has 1 saturated carbocycles. The number of hydrogen-bond donors (Lipinski definition) is 2. The second-order valence-corrected chi connectivity index (χ2v) is 6.67. The Morgan fingerprint density at radius 1 is 1.18 bits per heavy atom. The van der Waals surface area contributed by atoms with Gasteiger partial charge in [0.25, 0.3) is 0 Å². The van der Waals surface area contributed by atoms with Crippen LogP contribution in [0.4, 0.5) is 13.2 Å². The van der Waals surface area contributed by atoms with E-state index >= 15 is 0 Å². The molecule has 1 aliphatic carbocycles. The van der Waals surface area contributed by atoms with Crippen LogP contribution in [0.2, 0.25) is 0 Å². The second-order valence-electron chi connectivity index (χ2n) is 6.67. The fourth-order valence-electron chi connectivity index (χ4n) is 2.84. The Kier molecular flexibility index (Phi) is 10.5. The molecule has 0 spiro atoms. The first-order chi connectivity index (χ1) is 12.9. The topological polar surface area (TPSA) is 54.9 Å². The number of ether oxygens (including phenoxy) is 2. The summed E-state index contributed by atoms with van der Waals surface area (Å²) in [6, 6.07) is 5.64. The number of nitrogens with one attached hydrogen (secondary N) is 2. The van der Waals surface area contributed by atoms with E-state index in [1.807, 2.05) is 0 Å². The molecule has 28 heavy (non-hydrogen) atoms. The molecule has 2 N–H and O–H groups in total. The third-order valence-corrected chi connectivity index (χ3v) is 4.66. The molecule has 9 heteroatoms. The average molecular weight is 515 g/mol. The van der Waals surface area contributed by atoms with Crippen LogP contribution in [0.5, 0.6) is 0 Å². The highest BCUT2D eigenvalue weighted by molar-refractivity contribution is 14.0. The van der Waals surface area contributed by atoms with Crippen LogP contribution < -0.4 is 10.6 Å². The maximum atomic E-state index is 13.0. The molecule has 0 saturated heterocycles. The van der Waals surface area contributed by atoms with E-state index in [2.05, 4.69) is 15.6 Å². The van der Waals surface area contributed by atoms with E-state index < -0.39 is 11.7 Å². The minimum absolute atomic E-state index is 0. The van der Waals surface area contributed by atoms with Crippen LogP contribution in [0, 0.1) is 0 Å². The van der Waals surface area contributed by atoms with Crippen molar-refractivity contribution in [2.75, 3.05) is 47.1 Å². The Morgan fingerprint density at radius 3 is 2.54 bits per heavy atom. The van der Waals surface area contributed by atoms with Gasteiger partial charge < -0.3 is 20.1 Å². The lowest BCUT2D eigenvalue weighted by molar-refractivity contribution is -0.137. The summed E-state index contributed by atoms with van der Waals surface area (Å²) in [6.45, 7) is 3.03. The zero-order chi connectivity index (χ0) is 19.8. The summed E-state index contributed by atoms with van der Waals surface area (Å²) in [5.41, 5.74) is -0.114. The zero-order valence-electron chi connectivity index (χ0n) is 16.3. The van der Waals surface area contributed by atoms with Crippen molar-refractivity contribution in [2.24, 2.45) is 4.99 Å². The summed E-state index contributed by atoms with van der Waals surface area (Å²) in [5.74, 6) is 0.644. The predicted molar refractivity (Wildman–Crippen MR) is 114 cm³/mol. The van der Waals surface area contributed by atoms with Gasteiger partial charge in [0.15, 0.2) is 5.96 Å². The smallest absolute Gasteiger partial charge is 0.382 e. The molecule has 0 heterocycles. The molecule has 1 fully saturated rings. The molecule has 0 aliphatic heterocycles. The van der Waals surface area contributed by atoms with Crippen LogP contribution in [0.15, 0.2) is 29.3 Å². The molecule has 160 valence electrons. The lowest BCUT2D eigenvalue weighted by Gasteiger charge is -2.20. The summed E-state index contributed by atoms with van der Waals surface area (Å²) >= 11 is 0. The van der Waals surface area contributed by atoms with Crippen molar-refractivity contribution in [3.8, 4) is 0 Å². The summed E-state index contributed by atoms with van der Waals surface area (Å²) in [4.78, 5) is 4.17. The molecule has 0 atom stereocenters. The number of halogens is 4. The van der Waals surface area contributed by atoms with Gasteiger partial charge in [-0.25, -0.2) is 0 Å². The lowest BCUT2D eigenvalue weighted by Crippen LogP contribution is -2.41. The van der Waals surface area contributed by atoms with E-state index in [4.69, 9.17) is 9.47 Å². The highest BCUT2D eigenvalue weighted by Crippen LogP contribution is 2.48. The first-order valence-corrected chi connectivity index (χ1v) is 9.10. The molecule has 0 radical (unpaired) electrons. The summed E-state index contributed by atoms with van der Waals surface area (Å²) in [7, 11) is 3.31. The van der Waals surface area contributed by atoms with E-state index in [0.717, 1.165) is 30.9 Å². The molecule has 0 unspecified atom stereocenters. The van der Waals surface area contributed by atoms with E-state index in [1.165, 1.54) is 12.1 Å². The van der Waals surface area contributed by atoms with Crippen LogP contribution in [-0.2, 0) is 21.1 Å². The average Bonchev–Trinajstić information content (AvgIpc) is 3.44. The number of nitrogens with zero attached hydrogens (tertiary/aromatic N) is 1. The van der Waals surface area contributed by atoms with Crippen molar-refractivity contribution in [3.63, 3.8) is 0 Å². The first kappa shape index (κ1) is 25.0. The van der Waals surface area contributed by atoms with Crippen molar-refractivity contribution in [1.29, 1.82) is 0 Å². The number of guanidine groups is 1. The Labute approximate surface area is 181 Å². The predicted octanol–water partition coefficient (Wildman–Crippen LogP) is 3.57. The van der Waals surface area contributed by atoms with Crippen molar-refractivity contribution in [1.82, 2.24) is 10.6 Å². The largest absolute Gasteiger partial charge is 0.416 e.